The van der Waals surface area contributed by atoms with Crippen LogP contribution in [-0.2, 0) is 9.47 Å². The fraction of sp³-hybridized carbons (Fsp3) is 0.600. The molecule has 0 saturated carbocycles. The first-order valence-electron chi connectivity index (χ1n) is 5.43. The zero-order chi connectivity index (χ0) is 13.1. The molecule has 1 N–H and O–H groups in total. The lowest BCUT2D eigenvalue weighted by Crippen LogP contribution is -2.12. The van der Waals surface area contributed by atoms with E-state index in [-0.39, 0.29) is 36.8 Å². The first-order valence-corrected chi connectivity index (χ1v) is 6.10. The predicted octanol–water partition coefficient (Wildman–Crippen LogP) is 1.26. The van der Waals surface area contributed by atoms with Crippen molar-refractivity contribution in [2.24, 2.45) is 0 Å². The number of aromatic nitrogens is 2. The number of rotatable bonds is 4. The highest BCUT2D eigenvalue weighted by Gasteiger charge is 2.30. The van der Waals surface area contributed by atoms with Gasteiger partial charge in [-0.15, -0.1) is 3.89 Å². The van der Waals surface area contributed by atoms with Gasteiger partial charge in [-0.05, 0) is 18.9 Å². The molecule has 1 aromatic heterocycles. The number of carbonyl (C=O) groups is 1. The van der Waals surface area contributed by atoms with Crippen LogP contribution in [-0.4, -0.2) is 40.1 Å². The molecule has 1 aliphatic rings. The maximum Gasteiger partial charge on any atom is 0.358 e. The van der Waals surface area contributed by atoms with Crippen LogP contribution in [0.15, 0.2) is 6.07 Å². The summed E-state index contributed by atoms with van der Waals surface area (Å²) in [7, 11) is 1.23. The SMILES string of the molecule is COC(=O)c1cc(C2CCC(CO)O2)n(SF)n1. The third-order valence-corrected chi connectivity index (χ3v) is 3.23. The topological polar surface area (TPSA) is 73.6 Å². The number of methoxy groups -OCH3 is 1. The van der Waals surface area contributed by atoms with Gasteiger partial charge in [0, 0.05) is 0 Å². The largest absolute Gasteiger partial charge is 0.464 e. The Morgan fingerprint density at radius 1 is 1.78 bits per heavy atom. The normalized spacial score (nSPS) is 23.3. The summed E-state index contributed by atoms with van der Waals surface area (Å²) in [6.07, 6.45) is 0.732. The summed E-state index contributed by atoms with van der Waals surface area (Å²) in [5.74, 6) is -0.624. The van der Waals surface area contributed by atoms with E-state index in [9.17, 15) is 8.68 Å². The summed E-state index contributed by atoms with van der Waals surface area (Å²) in [4.78, 5) is 11.3. The van der Waals surface area contributed by atoms with Gasteiger partial charge in [0.1, 0.15) is 6.10 Å². The predicted molar refractivity (Wildman–Crippen MR) is 61.6 cm³/mol. The van der Waals surface area contributed by atoms with Crippen LogP contribution >= 0.6 is 12.3 Å². The first kappa shape index (κ1) is 13.3. The molecule has 0 spiro atoms. The van der Waals surface area contributed by atoms with Gasteiger partial charge < -0.3 is 14.6 Å². The standard InChI is InChI=1S/C10H13FN2O4S/c1-16-10(15)7-4-8(13(12-7)18-11)9-3-2-6(5-14)17-9/h4,6,9,14H,2-3,5H2,1H3. The lowest BCUT2D eigenvalue weighted by molar-refractivity contribution is 0.00877. The van der Waals surface area contributed by atoms with Crippen LogP contribution in [0.5, 0.6) is 0 Å². The smallest absolute Gasteiger partial charge is 0.358 e. The van der Waals surface area contributed by atoms with Crippen molar-refractivity contribution in [2.75, 3.05) is 13.7 Å². The number of carbonyl (C=O) groups excluding carboxylic acids is 1. The molecule has 0 amide bonds. The molecule has 8 heteroatoms. The number of esters is 1. The highest BCUT2D eigenvalue weighted by atomic mass is 32.2. The Labute approximate surface area is 107 Å². The maximum atomic E-state index is 12.8. The summed E-state index contributed by atoms with van der Waals surface area (Å²) in [5, 5.41) is 12.8. The number of aliphatic hydroxyl groups excluding tert-OH is 1. The van der Waals surface area contributed by atoms with E-state index in [1.54, 1.807) is 0 Å². The van der Waals surface area contributed by atoms with Gasteiger partial charge in [-0.1, -0.05) is 0 Å². The van der Waals surface area contributed by atoms with Gasteiger partial charge in [0.15, 0.2) is 18.0 Å². The van der Waals surface area contributed by atoms with E-state index in [1.807, 2.05) is 0 Å². The van der Waals surface area contributed by atoms with Crippen LogP contribution in [0.25, 0.3) is 0 Å². The zero-order valence-electron chi connectivity index (χ0n) is 9.71. The molecular formula is C10H13FN2O4S. The molecule has 2 rings (SSSR count). The fourth-order valence-corrected chi connectivity index (χ4v) is 2.28. The van der Waals surface area contributed by atoms with Crippen LogP contribution < -0.4 is 0 Å². The molecule has 0 aromatic carbocycles. The van der Waals surface area contributed by atoms with Crippen molar-refractivity contribution in [1.82, 2.24) is 9.19 Å². The molecular weight excluding hydrogens is 263 g/mol. The quantitative estimate of drug-likeness (QED) is 0.835. The average Bonchev–Trinajstić information content (AvgIpc) is 3.03. The van der Waals surface area contributed by atoms with Crippen molar-refractivity contribution in [2.45, 2.75) is 25.0 Å². The minimum Gasteiger partial charge on any atom is -0.464 e. The average molecular weight is 276 g/mol. The number of nitrogens with zero attached hydrogens (tertiary/aromatic N) is 2. The highest BCUT2D eigenvalue weighted by molar-refractivity contribution is 7.92. The van der Waals surface area contributed by atoms with Gasteiger partial charge >= 0.3 is 5.97 Å². The van der Waals surface area contributed by atoms with Gasteiger partial charge in [-0.25, -0.2) is 4.79 Å². The van der Waals surface area contributed by atoms with E-state index in [2.05, 4.69) is 9.84 Å². The van der Waals surface area contributed by atoms with Crippen molar-refractivity contribution in [3.8, 4) is 0 Å². The molecule has 1 fully saturated rings. The first-order chi connectivity index (χ1) is 8.69. The molecule has 2 heterocycles. The van der Waals surface area contributed by atoms with Crippen LogP contribution in [0.1, 0.15) is 35.1 Å². The molecule has 18 heavy (non-hydrogen) atoms. The third kappa shape index (κ3) is 2.50. The third-order valence-electron chi connectivity index (χ3n) is 2.81. The number of ether oxygens (including phenoxy) is 2. The van der Waals surface area contributed by atoms with Crippen LogP contribution in [0.3, 0.4) is 0 Å². The minimum atomic E-state index is -0.624. The van der Waals surface area contributed by atoms with Gasteiger partial charge in [-0.3, -0.25) is 0 Å². The molecule has 100 valence electrons. The molecule has 6 nitrogen and oxygen atoms in total. The second kappa shape index (κ2) is 5.68. The Kier molecular flexibility index (Phi) is 4.20. The lowest BCUT2D eigenvalue weighted by Gasteiger charge is -2.11. The second-order valence-corrected chi connectivity index (χ2v) is 4.38. The molecule has 1 aromatic rings. The molecule has 0 bridgehead atoms. The van der Waals surface area contributed by atoms with Crippen molar-refractivity contribution in [3.63, 3.8) is 0 Å². The summed E-state index contributed by atoms with van der Waals surface area (Å²) in [6.45, 7) is -0.0722. The van der Waals surface area contributed by atoms with Crippen molar-refractivity contribution < 1.29 is 23.3 Å². The van der Waals surface area contributed by atoms with E-state index < -0.39 is 5.97 Å². The number of hydrogen-bond donors (Lipinski definition) is 1. The molecule has 0 aliphatic carbocycles. The Morgan fingerprint density at radius 2 is 2.56 bits per heavy atom. The van der Waals surface area contributed by atoms with Gasteiger partial charge in [-0.2, -0.15) is 9.19 Å². The molecule has 1 aliphatic heterocycles. The maximum absolute atomic E-state index is 12.8. The van der Waals surface area contributed by atoms with E-state index in [0.29, 0.717) is 18.5 Å². The molecule has 2 atom stereocenters. The zero-order valence-corrected chi connectivity index (χ0v) is 10.5. The summed E-state index contributed by atoms with van der Waals surface area (Å²) in [5.41, 5.74) is 0.493. The van der Waals surface area contributed by atoms with Crippen LogP contribution in [0.4, 0.5) is 3.89 Å². The van der Waals surface area contributed by atoms with E-state index >= 15 is 0 Å². The van der Waals surface area contributed by atoms with E-state index in [4.69, 9.17) is 9.84 Å². The Hall–Kier alpha value is -1.12. The molecule has 0 radical (unpaired) electrons. The molecule has 2 unspecified atom stereocenters. The Morgan fingerprint density at radius 3 is 3.11 bits per heavy atom. The lowest BCUT2D eigenvalue weighted by atomic mass is 10.1. The fourth-order valence-electron chi connectivity index (χ4n) is 1.91. The minimum absolute atomic E-state index is 0.0358. The van der Waals surface area contributed by atoms with Crippen molar-refractivity contribution >= 4 is 18.3 Å². The summed E-state index contributed by atoms with van der Waals surface area (Å²) in [6, 6.07) is 1.45. The monoisotopic (exact) mass is 276 g/mol. The van der Waals surface area contributed by atoms with E-state index in [1.165, 1.54) is 13.2 Å². The number of halogens is 1. The second-order valence-electron chi connectivity index (χ2n) is 3.89. The van der Waals surface area contributed by atoms with Gasteiger partial charge in [0.25, 0.3) is 0 Å². The Balaban J connectivity index is 2.21. The Bertz CT molecular complexity index is 440. The van der Waals surface area contributed by atoms with Crippen molar-refractivity contribution in [1.29, 1.82) is 0 Å². The van der Waals surface area contributed by atoms with Gasteiger partial charge in [0.2, 0.25) is 0 Å². The summed E-state index contributed by atoms with van der Waals surface area (Å²) >= 11 is -0.105. The van der Waals surface area contributed by atoms with Crippen molar-refractivity contribution in [3.05, 3.63) is 17.5 Å². The van der Waals surface area contributed by atoms with Crippen LogP contribution in [0, 0.1) is 0 Å². The van der Waals surface area contributed by atoms with E-state index in [0.717, 1.165) is 4.09 Å². The van der Waals surface area contributed by atoms with Crippen LogP contribution in [0.2, 0.25) is 0 Å². The number of aliphatic hydroxyl groups is 1. The van der Waals surface area contributed by atoms with Gasteiger partial charge in [0.05, 0.1) is 25.5 Å². The summed E-state index contributed by atoms with van der Waals surface area (Å²) < 4.78 is 23.8. The number of hydrogen-bond acceptors (Lipinski definition) is 6. The molecule has 1 saturated heterocycles. The highest BCUT2D eigenvalue weighted by Crippen LogP contribution is 2.34.